The molecule has 0 atom stereocenters. The van der Waals surface area contributed by atoms with Crippen LogP contribution in [0, 0.1) is 0 Å². The number of methoxy groups -OCH3 is 1. The Kier molecular flexibility index (Phi) is 5.24. The molecule has 132 valence electrons. The first kappa shape index (κ1) is 17.6. The van der Waals surface area contributed by atoms with Gasteiger partial charge in [0.15, 0.2) is 5.76 Å². The van der Waals surface area contributed by atoms with Crippen molar-refractivity contribution in [2.24, 2.45) is 0 Å². The second-order valence-corrected chi connectivity index (χ2v) is 5.69. The lowest BCUT2D eigenvalue weighted by atomic mass is 10.2. The highest BCUT2D eigenvalue weighted by Crippen LogP contribution is 2.29. The Morgan fingerprint density at radius 1 is 1.00 bits per heavy atom. The van der Waals surface area contributed by atoms with E-state index < -0.39 is 5.91 Å². The molecular weight excluding hydrogens is 356 g/mol. The van der Waals surface area contributed by atoms with Crippen LogP contribution < -0.4 is 15.4 Å². The van der Waals surface area contributed by atoms with Crippen LogP contribution in [0.2, 0.25) is 5.02 Å². The van der Waals surface area contributed by atoms with Gasteiger partial charge in [0.25, 0.3) is 11.8 Å². The summed E-state index contributed by atoms with van der Waals surface area (Å²) in [5.74, 6) is -0.176. The van der Waals surface area contributed by atoms with Gasteiger partial charge in [0.2, 0.25) is 0 Å². The highest BCUT2D eigenvalue weighted by molar-refractivity contribution is 6.34. The minimum Gasteiger partial charge on any atom is -0.495 e. The molecule has 0 aliphatic carbocycles. The topological polar surface area (TPSA) is 80.6 Å². The van der Waals surface area contributed by atoms with Crippen LogP contribution in [0.1, 0.15) is 20.9 Å². The molecule has 0 saturated carbocycles. The van der Waals surface area contributed by atoms with Crippen molar-refractivity contribution in [3.05, 3.63) is 77.2 Å². The molecule has 2 amide bonds. The molecule has 0 unspecified atom stereocenters. The number of carbonyl (C=O) groups excluding carboxylic acids is 2. The summed E-state index contributed by atoms with van der Waals surface area (Å²) in [6, 6.07) is 14.8. The molecule has 0 aliphatic rings. The molecule has 6 nitrogen and oxygen atoms in total. The van der Waals surface area contributed by atoms with Gasteiger partial charge in [-0.25, -0.2) is 0 Å². The van der Waals surface area contributed by atoms with Crippen molar-refractivity contribution in [1.29, 1.82) is 0 Å². The number of halogens is 1. The molecule has 0 saturated heterocycles. The van der Waals surface area contributed by atoms with Crippen LogP contribution in [-0.2, 0) is 0 Å². The summed E-state index contributed by atoms with van der Waals surface area (Å²) in [7, 11) is 1.49. The molecular formula is C19H15ClN2O4. The predicted octanol–water partition coefficient (Wildman–Crippen LogP) is 4.45. The smallest absolute Gasteiger partial charge is 0.291 e. The van der Waals surface area contributed by atoms with Gasteiger partial charge in [0.05, 0.1) is 29.6 Å². The Bertz CT molecular complexity index is 938. The van der Waals surface area contributed by atoms with Crippen molar-refractivity contribution in [2.45, 2.75) is 0 Å². The zero-order valence-corrected chi connectivity index (χ0v) is 14.5. The molecule has 0 bridgehead atoms. The van der Waals surface area contributed by atoms with Crippen molar-refractivity contribution < 1.29 is 18.7 Å². The average molecular weight is 371 g/mol. The van der Waals surface area contributed by atoms with E-state index in [4.69, 9.17) is 20.8 Å². The molecule has 0 aliphatic heterocycles. The van der Waals surface area contributed by atoms with Gasteiger partial charge in [-0.2, -0.15) is 0 Å². The summed E-state index contributed by atoms with van der Waals surface area (Å²) in [6.07, 6.45) is 1.41. The van der Waals surface area contributed by atoms with Crippen molar-refractivity contribution in [1.82, 2.24) is 0 Å². The number of benzene rings is 2. The maximum atomic E-state index is 12.4. The number of amides is 2. The standard InChI is InChI=1S/C19H15ClN2O4/c1-25-16-9-8-12(21-18(23)13-5-2-3-6-14(13)20)11-15(16)22-19(24)17-7-4-10-26-17/h2-11H,1H3,(H,21,23)(H,22,24). The van der Waals surface area contributed by atoms with Gasteiger partial charge in [0, 0.05) is 5.69 Å². The monoisotopic (exact) mass is 370 g/mol. The van der Waals surface area contributed by atoms with Gasteiger partial charge in [-0.1, -0.05) is 23.7 Å². The van der Waals surface area contributed by atoms with Crippen LogP contribution in [0.3, 0.4) is 0 Å². The number of anilines is 2. The van der Waals surface area contributed by atoms with Crippen LogP contribution >= 0.6 is 11.6 Å². The number of furan rings is 1. The SMILES string of the molecule is COc1ccc(NC(=O)c2ccccc2Cl)cc1NC(=O)c1ccco1. The number of ether oxygens (including phenoxy) is 1. The molecule has 0 radical (unpaired) electrons. The third kappa shape index (κ3) is 3.87. The highest BCUT2D eigenvalue weighted by atomic mass is 35.5. The van der Waals surface area contributed by atoms with E-state index in [1.165, 1.54) is 13.4 Å². The molecule has 2 N–H and O–H groups in total. The average Bonchev–Trinajstić information content (AvgIpc) is 3.17. The fourth-order valence-corrected chi connectivity index (χ4v) is 2.54. The van der Waals surface area contributed by atoms with Gasteiger partial charge < -0.3 is 19.8 Å². The fraction of sp³-hybridized carbons (Fsp3) is 0.0526. The lowest BCUT2D eigenvalue weighted by molar-refractivity contribution is 0.0994. The van der Waals surface area contributed by atoms with Gasteiger partial charge in [-0.3, -0.25) is 9.59 Å². The van der Waals surface area contributed by atoms with E-state index in [1.807, 2.05) is 0 Å². The Balaban J connectivity index is 1.82. The molecule has 0 fully saturated rings. The quantitative estimate of drug-likeness (QED) is 0.695. The maximum absolute atomic E-state index is 12.4. The predicted molar refractivity (Wildman–Crippen MR) is 99.1 cm³/mol. The Morgan fingerprint density at radius 3 is 2.50 bits per heavy atom. The van der Waals surface area contributed by atoms with Crippen LogP contribution in [0.15, 0.2) is 65.3 Å². The summed E-state index contributed by atoms with van der Waals surface area (Å²) >= 11 is 6.04. The summed E-state index contributed by atoms with van der Waals surface area (Å²) in [4.78, 5) is 24.6. The van der Waals surface area contributed by atoms with E-state index in [1.54, 1.807) is 54.6 Å². The van der Waals surface area contributed by atoms with Gasteiger partial charge in [0.1, 0.15) is 5.75 Å². The third-order valence-corrected chi connectivity index (χ3v) is 3.90. The molecule has 3 rings (SSSR count). The summed E-state index contributed by atoms with van der Waals surface area (Å²) in [6.45, 7) is 0. The number of hydrogen-bond donors (Lipinski definition) is 2. The van der Waals surface area contributed by atoms with Crippen LogP contribution in [0.25, 0.3) is 0 Å². The van der Waals surface area contributed by atoms with E-state index in [0.29, 0.717) is 27.7 Å². The number of rotatable bonds is 5. The molecule has 2 aromatic carbocycles. The number of carbonyl (C=O) groups is 2. The zero-order valence-electron chi connectivity index (χ0n) is 13.8. The minimum absolute atomic E-state index is 0.164. The summed E-state index contributed by atoms with van der Waals surface area (Å²) in [5.41, 5.74) is 1.22. The Morgan fingerprint density at radius 2 is 1.81 bits per heavy atom. The van der Waals surface area contributed by atoms with Crippen molar-refractivity contribution >= 4 is 34.8 Å². The lowest BCUT2D eigenvalue weighted by Crippen LogP contribution is -2.14. The fourth-order valence-electron chi connectivity index (χ4n) is 2.32. The minimum atomic E-state index is -0.428. The van der Waals surface area contributed by atoms with E-state index in [2.05, 4.69) is 10.6 Å². The molecule has 3 aromatic rings. The number of nitrogens with one attached hydrogen (secondary N) is 2. The van der Waals surface area contributed by atoms with Crippen molar-refractivity contribution in [3.63, 3.8) is 0 Å². The van der Waals surface area contributed by atoms with Gasteiger partial charge in [-0.05, 0) is 42.5 Å². The molecule has 1 heterocycles. The highest BCUT2D eigenvalue weighted by Gasteiger charge is 2.14. The zero-order chi connectivity index (χ0) is 18.5. The summed E-state index contributed by atoms with van der Waals surface area (Å²) in [5, 5.41) is 5.79. The Labute approximate surface area is 154 Å². The second-order valence-electron chi connectivity index (χ2n) is 5.28. The van der Waals surface area contributed by atoms with Crippen molar-refractivity contribution in [2.75, 3.05) is 17.7 Å². The maximum Gasteiger partial charge on any atom is 0.291 e. The second kappa shape index (κ2) is 7.76. The molecule has 1 aromatic heterocycles. The van der Waals surface area contributed by atoms with Crippen LogP contribution in [0.5, 0.6) is 5.75 Å². The van der Waals surface area contributed by atoms with Crippen LogP contribution in [0.4, 0.5) is 11.4 Å². The van der Waals surface area contributed by atoms with Gasteiger partial charge in [-0.15, -0.1) is 0 Å². The molecule has 7 heteroatoms. The van der Waals surface area contributed by atoms with Crippen LogP contribution in [-0.4, -0.2) is 18.9 Å². The van der Waals surface area contributed by atoms with E-state index in [-0.39, 0.29) is 11.7 Å². The first-order chi connectivity index (χ1) is 12.6. The van der Waals surface area contributed by atoms with E-state index >= 15 is 0 Å². The number of hydrogen-bond acceptors (Lipinski definition) is 4. The van der Waals surface area contributed by atoms with Crippen molar-refractivity contribution in [3.8, 4) is 5.75 Å². The lowest BCUT2D eigenvalue weighted by Gasteiger charge is -2.12. The third-order valence-electron chi connectivity index (χ3n) is 3.57. The first-order valence-electron chi connectivity index (χ1n) is 7.67. The normalized spacial score (nSPS) is 10.2. The van der Waals surface area contributed by atoms with E-state index in [9.17, 15) is 9.59 Å². The first-order valence-corrected chi connectivity index (χ1v) is 8.05. The Hall–Kier alpha value is -3.25. The molecule has 26 heavy (non-hydrogen) atoms. The summed E-state index contributed by atoms with van der Waals surface area (Å²) < 4.78 is 10.3. The van der Waals surface area contributed by atoms with Gasteiger partial charge >= 0.3 is 0 Å². The molecule has 0 spiro atoms. The van der Waals surface area contributed by atoms with E-state index in [0.717, 1.165) is 0 Å². The largest absolute Gasteiger partial charge is 0.495 e.